The second kappa shape index (κ2) is 9.20. The second-order valence-electron chi connectivity index (χ2n) is 7.68. The molecule has 182 valence electrons. The van der Waals surface area contributed by atoms with Crippen LogP contribution in [0.5, 0.6) is 34.5 Å². The Hall–Kier alpha value is -3.82. The van der Waals surface area contributed by atoms with E-state index in [1.165, 1.54) is 42.7 Å². The molecule has 10 nitrogen and oxygen atoms in total. The number of ether oxygens (including phenoxy) is 8. The molecule has 0 aliphatic carbocycles. The maximum Gasteiger partial charge on any atom is 0.314 e. The third-order valence-corrected chi connectivity index (χ3v) is 6.10. The van der Waals surface area contributed by atoms with Gasteiger partial charge in [0, 0.05) is 11.1 Å². The molecule has 0 saturated carbocycles. The molecule has 0 radical (unpaired) electrons. The van der Waals surface area contributed by atoms with Crippen LogP contribution in [0.4, 0.5) is 0 Å². The third kappa shape index (κ3) is 3.59. The third-order valence-electron chi connectivity index (χ3n) is 6.10. The van der Waals surface area contributed by atoms with Gasteiger partial charge in [0.25, 0.3) is 0 Å². The topological polar surface area (TPSA) is 108 Å². The highest BCUT2D eigenvalue weighted by Gasteiger charge is 2.60. The van der Waals surface area contributed by atoms with Crippen molar-refractivity contribution in [1.82, 2.24) is 0 Å². The molecule has 0 amide bonds. The van der Waals surface area contributed by atoms with Crippen molar-refractivity contribution in [3.05, 3.63) is 35.4 Å². The molecule has 2 saturated heterocycles. The van der Waals surface area contributed by atoms with Gasteiger partial charge in [-0.25, -0.2) is 0 Å². The van der Waals surface area contributed by atoms with Crippen LogP contribution in [0.15, 0.2) is 24.3 Å². The Balaban J connectivity index is 1.75. The van der Waals surface area contributed by atoms with Crippen molar-refractivity contribution in [2.75, 3.05) is 42.7 Å². The van der Waals surface area contributed by atoms with Crippen LogP contribution in [0.1, 0.15) is 23.3 Å². The van der Waals surface area contributed by atoms with Gasteiger partial charge in [-0.15, -0.1) is 0 Å². The fraction of sp³-hybridized carbons (Fsp3) is 0.417. The minimum absolute atomic E-state index is 0.379. The molecule has 0 aromatic heterocycles. The molecule has 2 heterocycles. The fourth-order valence-electron chi connectivity index (χ4n) is 4.55. The number of esters is 2. The predicted octanol–water partition coefficient (Wildman–Crippen LogP) is 2.87. The van der Waals surface area contributed by atoms with Crippen molar-refractivity contribution in [3.63, 3.8) is 0 Å². The van der Waals surface area contributed by atoms with Gasteiger partial charge in [-0.05, 0) is 24.3 Å². The van der Waals surface area contributed by atoms with Crippen LogP contribution in [0, 0.1) is 11.8 Å². The highest BCUT2D eigenvalue weighted by atomic mass is 16.6. The zero-order valence-corrected chi connectivity index (χ0v) is 19.7. The number of rotatable bonds is 8. The smallest absolute Gasteiger partial charge is 0.314 e. The number of methoxy groups -OCH3 is 6. The largest absolute Gasteiger partial charge is 0.493 e. The van der Waals surface area contributed by atoms with Crippen LogP contribution < -0.4 is 28.4 Å². The summed E-state index contributed by atoms with van der Waals surface area (Å²) in [5, 5.41) is 0. The number of cyclic esters (lactones) is 2. The fourth-order valence-corrected chi connectivity index (χ4v) is 4.55. The number of hydrogen-bond acceptors (Lipinski definition) is 10. The summed E-state index contributed by atoms with van der Waals surface area (Å²) in [7, 11) is 8.90. The summed E-state index contributed by atoms with van der Waals surface area (Å²) >= 11 is 0. The average Bonchev–Trinajstić information content (AvgIpc) is 3.39. The lowest BCUT2D eigenvalue weighted by Gasteiger charge is -2.19. The molecule has 10 heteroatoms. The SMILES string of the molecule is COc1cc([C@H]2OC(=O)[C@H]3[C@H]2C(=O)O[C@H]3c2cc(OC)c(OC)c(OC)c2)cc(OC)c1OC. The minimum atomic E-state index is -0.884. The summed E-state index contributed by atoms with van der Waals surface area (Å²) in [6.45, 7) is 0. The van der Waals surface area contributed by atoms with Gasteiger partial charge in [0.05, 0.1) is 42.7 Å². The molecule has 2 aromatic rings. The van der Waals surface area contributed by atoms with Gasteiger partial charge < -0.3 is 37.9 Å². The van der Waals surface area contributed by atoms with Gasteiger partial charge in [0.2, 0.25) is 11.5 Å². The molecule has 0 unspecified atom stereocenters. The average molecular weight is 474 g/mol. The number of carbonyl (C=O) groups is 2. The Bertz CT molecular complexity index is 973. The Morgan fingerprint density at radius 3 is 1.06 bits per heavy atom. The first-order valence-corrected chi connectivity index (χ1v) is 10.4. The van der Waals surface area contributed by atoms with Gasteiger partial charge in [0.15, 0.2) is 23.0 Å². The van der Waals surface area contributed by atoms with Crippen molar-refractivity contribution in [1.29, 1.82) is 0 Å². The molecule has 4 atom stereocenters. The quantitative estimate of drug-likeness (QED) is 0.530. The van der Waals surface area contributed by atoms with E-state index in [1.54, 1.807) is 24.3 Å². The molecule has 2 fully saturated rings. The second-order valence-corrected chi connectivity index (χ2v) is 7.68. The van der Waals surface area contributed by atoms with Crippen LogP contribution >= 0.6 is 0 Å². The lowest BCUT2D eigenvalue weighted by molar-refractivity contribution is -0.154. The summed E-state index contributed by atoms with van der Waals surface area (Å²) in [5.41, 5.74) is 1.05. The Morgan fingerprint density at radius 1 is 0.529 bits per heavy atom. The number of fused-ring (bicyclic) bond motifs is 1. The molecular formula is C24H26O10. The Morgan fingerprint density at radius 2 is 0.824 bits per heavy atom. The summed E-state index contributed by atoms with van der Waals surface area (Å²) in [6, 6.07) is 6.62. The van der Waals surface area contributed by atoms with E-state index in [-0.39, 0.29) is 0 Å². The van der Waals surface area contributed by atoms with E-state index in [2.05, 4.69) is 0 Å². The summed E-state index contributed by atoms with van der Waals surface area (Å²) < 4.78 is 43.7. The van der Waals surface area contributed by atoms with E-state index in [0.717, 1.165) is 0 Å². The maximum absolute atomic E-state index is 13.0. The van der Waals surface area contributed by atoms with Gasteiger partial charge in [0.1, 0.15) is 24.0 Å². The zero-order valence-electron chi connectivity index (χ0n) is 19.7. The van der Waals surface area contributed by atoms with Crippen molar-refractivity contribution >= 4 is 11.9 Å². The molecule has 2 aliphatic heterocycles. The van der Waals surface area contributed by atoms with E-state index >= 15 is 0 Å². The molecule has 34 heavy (non-hydrogen) atoms. The first kappa shape index (κ1) is 23.3. The van der Waals surface area contributed by atoms with Gasteiger partial charge in [-0.2, -0.15) is 0 Å². The highest BCUT2D eigenvalue weighted by Crippen LogP contribution is 2.54. The first-order chi connectivity index (χ1) is 16.4. The summed E-state index contributed by atoms with van der Waals surface area (Å²) in [6.07, 6.45) is -1.77. The molecule has 0 N–H and O–H groups in total. The van der Waals surface area contributed by atoms with Crippen molar-refractivity contribution in [2.24, 2.45) is 11.8 Å². The molecular weight excluding hydrogens is 448 g/mol. The minimum Gasteiger partial charge on any atom is -0.493 e. The normalized spacial score (nSPS) is 23.0. The van der Waals surface area contributed by atoms with Crippen molar-refractivity contribution < 1.29 is 47.5 Å². The van der Waals surface area contributed by atoms with Gasteiger partial charge in [-0.1, -0.05) is 0 Å². The molecule has 4 rings (SSSR count). The van der Waals surface area contributed by atoms with E-state index in [9.17, 15) is 9.59 Å². The summed E-state index contributed by atoms with van der Waals surface area (Å²) in [4.78, 5) is 26.0. The van der Waals surface area contributed by atoms with Crippen molar-refractivity contribution in [2.45, 2.75) is 12.2 Å². The van der Waals surface area contributed by atoms with E-state index in [0.29, 0.717) is 45.6 Å². The van der Waals surface area contributed by atoms with Crippen LogP contribution in [0.25, 0.3) is 0 Å². The van der Waals surface area contributed by atoms with E-state index < -0.39 is 36.0 Å². The van der Waals surface area contributed by atoms with Gasteiger partial charge in [-0.3, -0.25) is 9.59 Å². The lowest BCUT2D eigenvalue weighted by atomic mass is 9.84. The number of carbonyl (C=O) groups excluding carboxylic acids is 2. The zero-order chi connectivity index (χ0) is 24.6. The lowest BCUT2D eigenvalue weighted by Crippen LogP contribution is -2.19. The van der Waals surface area contributed by atoms with Gasteiger partial charge >= 0.3 is 11.9 Å². The van der Waals surface area contributed by atoms with Crippen LogP contribution in [-0.4, -0.2) is 54.6 Å². The summed E-state index contributed by atoms with van der Waals surface area (Å²) in [5.74, 6) is -0.529. The van der Waals surface area contributed by atoms with E-state index in [1.807, 2.05) is 0 Å². The monoisotopic (exact) mass is 474 g/mol. The molecule has 2 aliphatic rings. The Labute approximate surface area is 196 Å². The van der Waals surface area contributed by atoms with Crippen LogP contribution in [0.3, 0.4) is 0 Å². The standard InChI is InChI=1S/C24H26O10/c1-27-13-7-11(8-14(28-2)21(13)31-5)19-17-18(24(26)33-19)20(34-23(17)25)12-9-15(29-3)22(32-6)16(10-12)30-4/h7-10,17-20H,1-6H3/t17-,18+,19-,20+. The molecule has 2 aromatic carbocycles. The molecule has 0 bridgehead atoms. The molecule has 0 spiro atoms. The van der Waals surface area contributed by atoms with E-state index in [4.69, 9.17) is 37.9 Å². The van der Waals surface area contributed by atoms with Crippen LogP contribution in [-0.2, 0) is 19.1 Å². The predicted molar refractivity (Wildman–Crippen MR) is 117 cm³/mol. The maximum atomic E-state index is 13.0. The number of benzene rings is 2. The highest BCUT2D eigenvalue weighted by molar-refractivity contribution is 5.90. The Kier molecular flexibility index (Phi) is 6.32. The van der Waals surface area contributed by atoms with Crippen LogP contribution in [0.2, 0.25) is 0 Å². The number of hydrogen-bond donors (Lipinski definition) is 0. The first-order valence-electron chi connectivity index (χ1n) is 10.4. The van der Waals surface area contributed by atoms with Crippen molar-refractivity contribution in [3.8, 4) is 34.5 Å².